The van der Waals surface area contributed by atoms with Gasteiger partial charge >= 0.3 is 0 Å². The molecule has 0 amide bonds. The third kappa shape index (κ3) is 2.97. The molecule has 3 heterocycles. The molecule has 130 valence electrons. The second kappa shape index (κ2) is 6.84. The Morgan fingerprint density at radius 1 is 1.12 bits per heavy atom. The van der Waals surface area contributed by atoms with Gasteiger partial charge in [-0.25, -0.2) is 14.5 Å². The Kier molecular flexibility index (Phi) is 4.23. The fourth-order valence-corrected chi connectivity index (χ4v) is 2.95. The summed E-state index contributed by atoms with van der Waals surface area (Å²) in [7, 11) is 0. The topological polar surface area (TPSA) is 72.3 Å². The van der Waals surface area contributed by atoms with Gasteiger partial charge in [0.1, 0.15) is 6.61 Å². The number of aryl methyl sites for hydroxylation is 1. The first kappa shape index (κ1) is 16.1. The molecule has 1 N–H and O–H groups in total. The molecule has 3 aromatic heterocycles. The van der Waals surface area contributed by atoms with E-state index >= 15 is 0 Å². The lowest BCUT2D eigenvalue weighted by molar-refractivity contribution is 0.289. The van der Waals surface area contributed by atoms with Crippen molar-refractivity contribution in [2.45, 2.75) is 20.0 Å². The molecular formula is C20H18N4O2. The summed E-state index contributed by atoms with van der Waals surface area (Å²) in [6, 6.07) is 16.9. The van der Waals surface area contributed by atoms with Gasteiger partial charge < -0.3 is 4.74 Å². The number of aromatic nitrogens is 4. The normalized spacial score (nSPS) is 11.0. The maximum absolute atomic E-state index is 12.5. The molecule has 0 spiro atoms. The average molecular weight is 346 g/mol. The first-order valence-electron chi connectivity index (χ1n) is 8.49. The Bertz CT molecular complexity index is 1090. The van der Waals surface area contributed by atoms with Crippen LogP contribution in [0.4, 0.5) is 0 Å². The Hall–Kier alpha value is -3.41. The van der Waals surface area contributed by atoms with Gasteiger partial charge in [-0.1, -0.05) is 43.3 Å². The highest BCUT2D eigenvalue weighted by Crippen LogP contribution is 2.27. The molecule has 1 aromatic carbocycles. The van der Waals surface area contributed by atoms with Crippen molar-refractivity contribution in [2.24, 2.45) is 0 Å². The fourth-order valence-electron chi connectivity index (χ4n) is 2.95. The van der Waals surface area contributed by atoms with Gasteiger partial charge in [-0.2, -0.15) is 0 Å². The van der Waals surface area contributed by atoms with Crippen LogP contribution in [0.1, 0.15) is 18.3 Å². The summed E-state index contributed by atoms with van der Waals surface area (Å²) in [5, 5.41) is 3.17. The highest BCUT2D eigenvalue weighted by molar-refractivity contribution is 5.79. The summed E-state index contributed by atoms with van der Waals surface area (Å²) in [6.45, 7) is 2.23. The molecule has 0 bridgehead atoms. The lowest BCUT2D eigenvalue weighted by atomic mass is 10.0. The Balaban J connectivity index is 1.79. The molecular weight excluding hydrogens is 328 g/mol. The van der Waals surface area contributed by atoms with Crippen LogP contribution in [0.25, 0.3) is 16.8 Å². The van der Waals surface area contributed by atoms with Gasteiger partial charge in [-0.15, -0.1) is 0 Å². The van der Waals surface area contributed by atoms with Gasteiger partial charge in [-0.3, -0.25) is 9.89 Å². The van der Waals surface area contributed by atoms with Crippen molar-refractivity contribution < 1.29 is 4.74 Å². The third-order valence-electron chi connectivity index (χ3n) is 4.17. The standard InChI is InChI=1S/C20H18N4O2/c1-2-16-19(14-8-4-3-5-9-14)20-22-15(12-18(25)24(20)23-16)13-26-17-10-6-7-11-21-17/h3-12,23H,2,13H2,1H3. The predicted molar refractivity (Wildman–Crippen MR) is 99.2 cm³/mol. The van der Waals surface area contributed by atoms with E-state index in [1.807, 2.05) is 49.4 Å². The number of rotatable bonds is 5. The van der Waals surface area contributed by atoms with Crippen LogP contribution in [0.5, 0.6) is 5.88 Å². The van der Waals surface area contributed by atoms with Gasteiger partial charge in [-0.05, 0) is 18.1 Å². The van der Waals surface area contributed by atoms with Crippen LogP contribution in [0, 0.1) is 0 Å². The smallest absolute Gasteiger partial charge is 0.273 e. The van der Waals surface area contributed by atoms with Crippen LogP contribution in [0.3, 0.4) is 0 Å². The monoisotopic (exact) mass is 346 g/mol. The molecule has 0 aliphatic rings. The van der Waals surface area contributed by atoms with Crippen molar-refractivity contribution in [2.75, 3.05) is 0 Å². The highest BCUT2D eigenvalue weighted by Gasteiger charge is 2.16. The molecule has 4 rings (SSSR count). The van der Waals surface area contributed by atoms with E-state index < -0.39 is 0 Å². The van der Waals surface area contributed by atoms with Crippen LogP contribution >= 0.6 is 0 Å². The number of benzene rings is 1. The number of fused-ring (bicyclic) bond motifs is 1. The van der Waals surface area contributed by atoms with E-state index in [-0.39, 0.29) is 12.2 Å². The summed E-state index contributed by atoms with van der Waals surface area (Å²) in [5.74, 6) is 0.501. The second-order valence-electron chi connectivity index (χ2n) is 5.89. The Morgan fingerprint density at radius 3 is 2.65 bits per heavy atom. The van der Waals surface area contributed by atoms with Crippen molar-refractivity contribution >= 4 is 5.65 Å². The number of hydrogen-bond acceptors (Lipinski definition) is 4. The lowest BCUT2D eigenvalue weighted by Gasteiger charge is -2.05. The minimum Gasteiger partial charge on any atom is -0.471 e. The fraction of sp³-hybridized carbons (Fsp3) is 0.150. The summed E-state index contributed by atoms with van der Waals surface area (Å²) in [4.78, 5) is 21.3. The predicted octanol–water partition coefficient (Wildman–Crippen LogP) is 3.23. The summed E-state index contributed by atoms with van der Waals surface area (Å²) < 4.78 is 7.13. The van der Waals surface area contributed by atoms with Gasteiger partial charge in [0.25, 0.3) is 5.56 Å². The second-order valence-corrected chi connectivity index (χ2v) is 5.89. The molecule has 6 nitrogen and oxygen atoms in total. The van der Waals surface area contributed by atoms with Crippen LogP contribution in [-0.4, -0.2) is 19.6 Å². The molecule has 0 saturated carbocycles. The van der Waals surface area contributed by atoms with E-state index in [2.05, 4.69) is 15.1 Å². The van der Waals surface area contributed by atoms with Crippen molar-refractivity contribution in [1.29, 1.82) is 0 Å². The quantitative estimate of drug-likeness (QED) is 0.602. The van der Waals surface area contributed by atoms with E-state index in [1.165, 1.54) is 10.6 Å². The van der Waals surface area contributed by atoms with Crippen LogP contribution in [0.15, 0.2) is 65.6 Å². The minimum absolute atomic E-state index is 0.161. The van der Waals surface area contributed by atoms with Crippen molar-refractivity contribution in [3.05, 3.63) is 82.5 Å². The maximum Gasteiger partial charge on any atom is 0.273 e. The van der Waals surface area contributed by atoms with Crippen molar-refractivity contribution in [3.63, 3.8) is 0 Å². The van der Waals surface area contributed by atoms with Gasteiger partial charge in [0.05, 0.1) is 5.69 Å². The Morgan fingerprint density at radius 2 is 1.92 bits per heavy atom. The number of hydrogen-bond donors (Lipinski definition) is 1. The largest absolute Gasteiger partial charge is 0.471 e. The molecule has 0 fully saturated rings. The van der Waals surface area contributed by atoms with E-state index in [0.29, 0.717) is 17.2 Å². The van der Waals surface area contributed by atoms with E-state index in [4.69, 9.17) is 4.74 Å². The highest BCUT2D eigenvalue weighted by atomic mass is 16.5. The molecule has 0 aliphatic heterocycles. The number of nitrogens with one attached hydrogen (secondary N) is 1. The van der Waals surface area contributed by atoms with E-state index in [1.54, 1.807) is 12.3 Å². The van der Waals surface area contributed by atoms with Crippen molar-refractivity contribution in [1.82, 2.24) is 19.6 Å². The maximum atomic E-state index is 12.5. The summed E-state index contributed by atoms with van der Waals surface area (Å²) >= 11 is 0. The zero-order valence-electron chi connectivity index (χ0n) is 14.3. The minimum atomic E-state index is -0.161. The average Bonchev–Trinajstić information content (AvgIpc) is 3.07. The van der Waals surface area contributed by atoms with Gasteiger partial charge in [0, 0.05) is 29.6 Å². The lowest BCUT2D eigenvalue weighted by Crippen LogP contribution is -2.16. The molecule has 0 saturated heterocycles. The Labute approximate surface area is 150 Å². The first-order chi connectivity index (χ1) is 12.8. The number of nitrogens with zero attached hydrogens (tertiary/aromatic N) is 3. The van der Waals surface area contributed by atoms with Crippen LogP contribution in [0.2, 0.25) is 0 Å². The zero-order valence-corrected chi connectivity index (χ0v) is 14.3. The summed E-state index contributed by atoms with van der Waals surface area (Å²) in [6.07, 6.45) is 2.43. The third-order valence-corrected chi connectivity index (χ3v) is 4.17. The van der Waals surface area contributed by atoms with Crippen molar-refractivity contribution in [3.8, 4) is 17.0 Å². The van der Waals surface area contributed by atoms with Crippen LogP contribution < -0.4 is 10.3 Å². The SMILES string of the molecule is CCc1[nH]n2c(=O)cc(COc3ccccn3)nc2c1-c1ccccc1. The molecule has 0 unspecified atom stereocenters. The van der Waals surface area contributed by atoms with Gasteiger partial charge in [0.15, 0.2) is 5.65 Å². The zero-order chi connectivity index (χ0) is 17.9. The number of ether oxygens (including phenoxy) is 1. The number of aromatic amines is 1. The van der Waals surface area contributed by atoms with E-state index in [9.17, 15) is 4.79 Å². The molecule has 4 aromatic rings. The number of H-pyrrole nitrogens is 1. The number of pyridine rings is 1. The molecule has 6 heteroatoms. The first-order valence-corrected chi connectivity index (χ1v) is 8.49. The van der Waals surface area contributed by atoms with E-state index in [0.717, 1.165) is 23.2 Å². The molecule has 0 atom stereocenters. The molecule has 0 aliphatic carbocycles. The van der Waals surface area contributed by atoms with Crippen LogP contribution in [-0.2, 0) is 13.0 Å². The summed E-state index contributed by atoms with van der Waals surface area (Å²) in [5.41, 5.74) is 3.97. The molecule has 0 radical (unpaired) electrons. The molecule has 26 heavy (non-hydrogen) atoms. The van der Waals surface area contributed by atoms with Gasteiger partial charge in [0.2, 0.25) is 5.88 Å².